The predicted octanol–water partition coefficient (Wildman–Crippen LogP) is 3.14. The average Bonchev–Trinajstić information content (AvgIpc) is 3.12. The summed E-state index contributed by atoms with van der Waals surface area (Å²) in [7, 11) is 0. The van der Waals surface area contributed by atoms with Crippen LogP contribution in [0.15, 0.2) is 40.4 Å². The van der Waals surface area contributed by atoms with Gasteiger partial charge >= 0.3 is 6.18 Å². The molecule has 0 bridgehead atoms. The van der Waals surface area contributed by atoms with Gasteiger partial charge in [0.2, 0.25) is 11.9 Å². The zero-order chi connectivity index (χ0) is 20.8. The molecule has 4 N–H and O–H groups in total. The average molecular weight is 409 g/mol. The molecule has 11 heteroatoms. The lowest BCUT2D eigenvalue weighted by Crippen LogP contribution is -2.58. The minimum Gasteiger partial charge on any atom is -0.369 e. The fourth-order valence-electron chi connectivity index (χ4n) is 3.92. The fourth-order valence-corrected chi connectivity index (χ4v) is 3.92. The van der Waals surface area contributed by atoms with Crippen LogP contribution in [-0.2, 0) is 6.18 Å². The first-order chi connectivity index (χ1) is 13.7. The van der Waals surface area contributed by atoms with Gasteiger partial charge < -0.3 is 11.5 Å². The van der Waals surface area contributed by atoms with Crippen LogP contribution in [0.25, 0.3) is 5.69 Å². The second-order valence-electron chi connectivity index (χ2n) is 7.10. The summed E-state index contributed by atoms with van der Waals surface area (Å²) in [6, 6.07) is 4.89. The number of nitrogens with two attached hydrogens (primary N) is 2. The molecule has 0 amide bonds. The van der Waals surface area contributed by atoms with Gasteiger partial charge in [0.1, 0.15) is 11.4 Å². The Morgan fingerprint density at radius 2 is 1.76 bits per heavy atom. The van der Waals surface area contributed by atoms with Gasteiger partial charge in [-0.05, 0) is 49.9 Å². The molecule has 1 aliphatic heterocycles. The van der Waals surface area contributed by atoms with E-state index in [0.717, 1.165) is 36.2 Å². The van der Waals surface area contributed by atoms with Crippen LogP contribution in [0.3, 0.4) is 0 Å². The van der Waals surface area contributed by atoms with Crippen LogP contribution in [0.1, 0.15) is 37.8 Å². The first-order valence-corrected chi connectivity index (χ1v) is 9.12. The number of hydrogen-bond donors (Lipinski definition) is 2. The lowest BCUT2D eigenvalue weighted by Gasteiger charge is -2.45. The Balaban J connectivity index is 1.72. The van der Waals surface area contributed by atoms with Crippen molar-refractivity contribution in [3.63, 3.8) is 0 Å². The third kappa shape index (κ3) is 3.40. The van der Waals surface area contributed by atoms with E-state index in [1.165, 1.54) is 12.1 Å². The van der Waals surface area contributed by atoms with Crippen LogP contribution in [-0.4, -0.2) is 27.4 Å². The molecule has 0 saturated heterocycles. The number of alkyl halides is 3. The van der Waals surface area contributed by atoms with Crippen LogP contribution >= 0.6 is 0 Å². The molecule has 154 valence electrons. The molecule has 1 saturated carbocycles. The highest BCUT2D eigenvalue weighted by atomic mass is 19.4. The molecule has 0 unspecified atom stereocenters. The maximum absolute atomic E-state index is 14.8. The summed E-state index contributed by atoms with van der Waals surface area (Å²) in [5.74, 6) is -0.570. The first-order valence-electron chi connectivity index (χ1n) is 9.12. The highest BCUT2D eigenvalue weighted by Crippen LogP contribution is 2.40. The smallest absolute Gasteiger partial charge is 0.369 e. The highest BCUT2D eigenvalue weighted by Gasteiger charge is 2.42. The SMILES string of the molecule is NC1=NC2(CCCCC2)N(c2ccc(-n3ccc(C(F)(F)F)n3)c(F)c2)C(N)=N1. The number of anilines is 1. The maximum atomic E-state index is 14.8. The molecule has 2 aromatic rings. The molecular weight excluding hydrogens is 390 g/mol. The van der Waals surface area contributed by atoms with Crippen LogP contribution in [0.2, 0.25) is 0 Å². The Morgan fingerprint density at radius 3 is 2.38 bits per heavy atom. The van der Waals surface area contributed by atoms with Crippen LogP contribution in [0.4, 0.5) is 23.2 Å². The van der Waals surface area contributed by atoms with Gasteiger partial charge in [0.05, 0.1) is 0 Å². The van der Waals surface area contributed by atoms with Crippen molar-refractivity contribution in [2.24, 2.45) is 21.5 Å². The summed E-state index contributed by atoms with van der Waals surface area (Å²) in [5.41, 5.74) is 10.4. The van der Waals surface area contributed by atoms with Crippen molar-refractivity contribution in [3.8, 4) is 5.69 Å². The van der Waals surface area contributed by atoms with Crippen molar-refractivity contribution in [1.82, 2.24) is 9.78 Å². The number of rotatable bonds is 2. The Kier molecular flexibility index (Phi) is 4.47. The Hall–Kier alpha value is -3.11. The molecule has 0 atom stereocenters. The van der Waals surface area contributed by atoms with E-state index in [1.54, 1.807) is 11.0 Å². The standard InChI is InChI=1S/C18H19F4N7/c19-12-10-11(4-5-13(12)28-9-6-14(27-28)18(20,21)22)29-16(24)25-15(23)26-17(29)7-2-1-3-8-17/h4-6,9-10H,1-3,7-8H2,(H4,23,24,25,26). The van der Waals surface area contributed by atoms with Gasteiger partial charge in [-0.25, -0.2) is 14.1 Å². The number of hydrogen-bond acceptors (Lipinski definition) is 6. The van der Waals surface area contributed by atoms with E-state index in [4.69, 9.17) is 11.5 Å². The summed E-state index contributed by atoms with van der Waals surface area (Å²) in [6.07, 6.45) is 0.694. The number of aromatic nitrogens is 2. The van der Waals surface area contributed by atoms with Crippen LogP contribution in [0.5, 0.6) is 0 Å². The molecule has 29 heavy (non-hydrogen) atoms. The molecule has 1 fully saturated rings. The Bertz CT molecular complexity index is 986. The van der Waals surface area contributed by atoms with Crippen molar-refractivity contribution in [1.29, 1.82) is 0 Å². The molecule has 1 aromatic heterocycles. The van der Waals surface area contributed by atoms with Crippen molar-refractivity contribution in [3.05, 3.63) is 42.0 Å². The number of benzene rings is 1. The zero-order valence-corrected chi connectivity index (χ0v) is 15.3. The minimum atomic E-state index is -4.61. The molecule has 2 heterocycles. The quantitative estimate of drug-likeness (QED) is 0.745. The van der Waals surface area contributed by atoms with Gasteiger partial charge in [-0.15, -0.1) is 0 Å². The molecule has 1 aliphatic carbocycles. The zero-order valence-electron chi connectivity index (χ0n) is 15.3. The van der Waals surface area contributed by atoms with Gasteiger partial charge in [-0.2, -0.15) is 23.3 Å². The molecule has 4 rings (SSSR count). The summed E-state index contributed by atoms with van der Waals surface area (Å²) in [5, 5.41) is 3.41. The van der Waals surface area contributed by atoms with Gasteiger partial charge in [-0.1, -0.05) is 6.42 Å². The Morgan fingerprint density at radius 1 is 1.03 bits per heavy atom. The fraction of sp³-hybridized carbons (Fsp3) is 0.389. The summed E-state index contributed by atoms with van der Waals surface area (Å²) in [4.78, 5) is 10.2. The molecule has 2 aliphatic rings. The van der Waals surface area contributed by atoms with Crippen LogP contribution in [0, 0.1) is 5.82 Å². The largest absolute Gasteiger partial charge is 0.435 e. The first kappa shape index (κ1) is 19.2. The van der Waals surface area contributed by atoms with E-state index in [2.05, 4.69) is 15.1 Å². The predicted molar refractivity (Wildman–Crippen MR) is 100 cm³/mol. The van der Waals surface area contributed by atoms with Gasteiger partial charge in [0.15, 0.2) is 11.5 Å². The highest BCUT2D eigenvalue weighted by molar-refractivity contribution is 6.05. The summed E-state index contributed by atoms with van der Waals surface area (Å²) >= 11 is 0. The van der Waals surface area contributed by atoms with E-state index >= 15 is 0 Å². The van der Waals surface area contributed by atoms with E-state index < -0.39 is 23.4 Å². The molecule has 1 aromatic carbocycles. The van der Waals surface area contributed by atoms with E-state index in [-0.39, 0.29) is 17.6 Å². The molecule has 0 radical (unpaired) electrons. The van der Waals surface area contributed by atoms with E-state index in [1.807, 2.05) is 0 Å². The third-order valence-corrected chi connectivity index (χ3v) is 5.17. The lowest BCUT2D eigenvalue weighted by atomic mass is 9.87. The Labute approximate surface area is 163 Å². The lowest BCUT2D eigenvalue weighted by molar-refractivity contribution is -0.141. The van der Waals surface area contributed by atoms with Gasteiger partial charge in [-0.3, -0.25) is 4.90 Å². The third-order valence-electron chi connectivity index (χ3n) is 5.17. The second kappa shape index (κ2) is 6.75. The van der Waals surface area contributed by atoms with Crippen molar-refractivity contribution in [2.75, 3.05) is 4.90 Å². The number of nitrogens with zero attached hydrogens (tertiary/aromatic N) is 5. The summed E-state index contributed by atoms with van der Waals surface area (Å²) < 4.78 is 54.0. The van der Waals surface area contributed by atoms with Crippen molar-refractivity contribution >= 4 is 17.6 Å². The maximum Gasteiger partial charge on any atom is 0.435 e. The topological polar surface area (TPSA) is 97.8 Å². The van der Waals surface area contributed by atoms with Crippen molar-refractivity contribution < 1.29 is 17.6 Å². The molecule has 1 spiro atoms. The van der Waals surface area contributed by atoms with Gasteiger partial charge in [0, 0.05) is 11.9 Å². The van der Waals surface area contributed by atoms with Gasteiger partial charge in [0.25, 0.3) is 0 Å². The molecular formula is C18H19F4N7. The van der Waals surface area contributed by atoms with Crippen LogP contribution < -0.4 is 16.4 Å². The summed E-state index contributed by atoms with van der Waals surface area (Å²) in [6.45, 7) is 0. The normalized spacial score (nSPS) is 19.2. The monoisotopic (exact) mass is 409 g/mol. The number of aliphatic imine (C=N–C) groups is 2. The van der Waals surface area contributed by atoms with E-state index in [9.17, 15) is 17.6 Å². The second-order valence-corrected chi connectivity index (χ2v) is 7.10. The number of halogens is 4. The number of guanidine groups is 2. The van der Waals surface area contributed by atoms with E-state index in [0.29, 0.717) is 18.5 Å². The minimum absolute atomic E-state index is 0.0777. The van der Waals surface area contributed by atoms with Crippen molar-refractivity contribution in [2.45, 2.75) is 43.9 Å². The molecule has 7 nitrogen and oxygen atoms in total.